The van der Waals surface area contributed by atoms with Gasteiger partial charge in [-0.15, -0.1) is 0 Å². The van der Waals surface area contributed by atoms with Gasteiger partial charge >= 0.3 is 0 Å². The van der Waals surface area contributed by atoms with Gasteiger partial charge in [0.05, 0.1) is 19.5 Å². The van der Waals surface area contributed by atoms with Crippen molar-refractivity contribution in [3.63, 3.8) is 0 Å². The lowest BCUT2D eigenvalue weighted by molar-refractivity contribution is -0.137. The van der Waals surface area contributed by atoms with Gasteiger partial charge in [-0.05, 0) is 25.7 Å². The van der Waals surface area contributed by atoms with Crippen molar-refractivity contribution >= 4 is 15.9 Å². The maximum Gasteiger partial charge on any atom is 0.225 e. The Bertz CT molecular complexity index is 545. The number of nitrogens with zero attached hydrogens (tertiary/aromatic N) is 3. The lowest BCUT2D eigenvalue weighted by Crippen LogP contribution is -2.54. The van der Waals surface area contributed by atoms with Crippen molar-refractivity contribution in [1.82, 2.24) is 14.1 Å². The number of hydrogen-bond donors (Lipinski definition) is 0. The summed E-state index contributed by atoms with van der Waals surface area (Å²) in [6.07, 6.45) is 4.64. The van der Waals surface area contributed by atoms with Crippen LogP contribution in [-0.2, 0) is 19.6 Å². The number of likely N-dealkylation sites (tertiary alicyclic amines) is 1. The molecule has 1 unspecified atom stereocenters. The van der Waals surface area contributed by atoms with Crippen molar-refractivity contribution in [3.8, 4) is 0 Å². The first-order valence-electron chi connectivity index (χ1n) is 9.92. The van der Waals surface area contributed by atoms with Crippen LogP contribution in [-0.4, -0.2) is 93.2 Å². The Kier molecular flexibility index (Phi) is 8.32. The van der Waals surface area contributed by atoms with Gasteiger partial charge in [-0.2, -0.15) is 4.31 Å². The van der Waals surface area contributed by atoms with Crippen molar-refractivity contribution in [3.05, 3.63) is 0 Å². The van der Waals surface area contributed by atoms with Crippen molar-refractivity contribution in [1.29, 1.82) is 0 Å². The molecule has 2 aliphatic rings. The highest BCUT2D eigenvalue weighted by Crippen LogP contribution is 2.22. The molecule has 0 radical (unpaired) electrons. The molecule has 2 fully saturated rings. The Labute approximate surface area is 158 Å². The predicted molar refractivity (Wildman–Crippen MR) is 102 cm³/mol. The molecule has 2 aliphatic heterocycles. The Balaban J connectivity index is 2.01. The molecule has 0 aromatic heterocycles. The van der Waals surface area contributed by atoms with Crippen molar-refractivity contribution in [2.24, 2.45) is 5.92 Å². The monoisotopic (exact) mass is 389 g/mol. The van der Waals surface area contributed by atoms with Crippen LogP contribution in [0.4, 0.5) is 0 Å². The molecule has 0 aromatic carbocycles. The summed E-state index contributed by atoms with van der Waals surface area (Å²) in [4.78, 5) is 16.9. The fraction of sp³-hybridized carbons (Fsp3) is 0.944. The number of carbonyl (C=O) groups is 1. The molecule has 0 N–H and O–H groups in total. The molecule has 0 bridgehead atoms. The molecule has 2 heterocycles. The van der Waals surface area contributed by atoms with Gasteiger partial charge in [-0.1, -0.05) is 13.8 Å². The number of rotatable bonds is 8. The first kappa shape index (κ1) is 21.6. The zero-order chi connectivity index (χ0) is 19.2. The molecule has 7 nitrogen and oxygen atoms in total. The molecular formula is C18H35N3O4S. The minimum atomic E-state index is -3.31. The third-order valence-electron chi connectivity index (χ3n) is 5.62. The third-order valence-corrected chi connectivity index (χ3v) is 6.95. The van der Waals surface area contributed by atoms with Crippen LogP contribution in [0.5, 0.6) is 0 Å². The van der Waals surface area contributed by atoms with E-state index in [0.717, 1.165) is 45.3 Å². The maximum atomic E-state index is 12.7. The van der Waals surface area contributed by atoms with Crippen molar-refractivity contribution in [2.45, 2.75) is 45.6 Å². The van der Waals surface area contributed by atoms with Crippen LogP contribution in [0.3, 0.4) is 0 Å². The molecule has 152 valence electrons. The van der Waals surface area contributed by atoms with E-state index in [9.17, 15) is 13.2 Å². The second kappa shape index (κ2) is 10.0. The van der Waals surface area contributed by atoms with Crippen LogP contribution >= 0.6 is 0 Å². The predicted octanol–water partition coefficient (Wildman–Crippen LogP) is 1.01. The van der Waals surface area contributed by atoms with Crippen LogP contribution in [0.1, 0.15) is 39.5 Å². The van der Waals surface area contributed by atoms with Crippen LogP contribution in [0.15, 0.2) is 0 Å². The highest BCUT2D eigenvalue weighted by atomic mass is 32.2. The van der Waals surface area contributed by atoms with E-state index >= 15 is 0 Å². The molecule has 1 atom stereocenters. The number of amides is 1. The molecule has 0 spiro atoms. The smallest absolute Gasteiger partial charge is 0.225 e. The van der Waals surface area contributed by atoms with E-state index in [1.807, 2.05) is 18.7 Å². The van der Waals surface area contributed by atoms with E-state index < -0.39 is 10.0 Å². The molecule has 0 saturated carbocycles. The molecule has 0 aromatic rings. The first-order chi connectivity index (χ1) is 12.4. The van der Waals surface area contributed by atoms with Gasteiger partial charge in [-0.3, -0.25) is 9.69 Å². The van der Waals surface area contributed by atoms with Gasteiger partial charge in [-0.25, -0.2) is 8.42 Å². The third kappa shape index (κ3) is 5.90. The van der Waals surface area contributed by atoms with Crippen LogP contribution < -0.4 is 0 Å². The van der Waals surface area contributed by atoms with Crippen LogP contribution in [0.2, 0.25) is 0 Å². The molecule has 8 heteroatoms. The SMILES string of the molecule is CCC(CC)C(=O)N1CCCC(N(CCN2CCOCC2)S(C)(=O)=O)C1. The zero-order valence-corrected chi connectivity index (χ0v) is 17.3. The topological polar surface area (TPSA) is 70.2 Å². The molecule has 26 heavy (non-hydrogen) atoms. The quantitative estimate of drug-likeness (QED) is 0.620. The van der Waals surface area contributed by atoms with Crippen molar-refractivity contribution < 1.29 is 17.9 Å². The number of piperidine rings is 1. The standard InChI is InChI=1S/C18H35N3O4S/c1-4-16(5-2)18(22)20-8-6-7-17(15-20)21(26(3,23)24)10-9-19-11-13-25-14-12-19/h16-17H,4-15H2,1-3H3. The summed E-state index contributed by atoms with van der Waals surface area (Å²) in [6.45, 7) is 9.66. The van der Waals surface area contributed by atoms with Gasteiger partial charge in [0.2, 0.25) is 15.9 Å². The summed E-state index contributed by atoms with van der Waals surface area (Å²) >= 11 is 0. The average Bonchev–Trinajstić information content (AvgIpc) is 2.63. The average molecular weight is 390 g/mol. The highest BCUT2D eigenvalue weighted by Gasteiger charge is 2.34. The molecule has 2 saturated heterocycles. The number of carbonyl (C=O) groups excluding carboxylic acids is 1. The van der Waals surface area contributed by atoms with Gasteiger partial charge < -0.3 is 9.64 Å². The van der Waals surface area contributed by atoms with Gasteiger partial charge in [0.15, 0.2) is 0 Å². The Morgan fingerprint density at radius 3 is 2.42 bits per heavy atom. The Hall–Kier alpha value is -0.700. The number of morpholine rings is 1. The summed E-state index contributed by atoms with van der Waals surface area (Å²) < 4.78 is 31.8. The lowest BCUT2D eigenvalue weighted by Gasteiger charge is -2.40. The highest BCUT2D eigenvalue weighted by molar-refractivity contribution is 7.88. The van der Waals surface area contributed by atoms with E-state index in [2.05, 4.69) is 4.90 Å². The van der Waals surface area contributed by atoms with E-state index in [4.69, 9.17) is 4.74 Å². The first-order valence-corrected chi connectivity index (χ1v) is 11.8. The van der Waals surface area contributed by atoms with Gasteiger partial charge in [0.25, 0.3) is 0 Å². The largest absolute Gasteiger partial charge is 0.379 e. The molecule has 2 rings (SSSR count). The summed E-state index contributed by atoms with van der Waals surface area (Å²) in [7, 11) is -3.31. The molecular weight excluding hydrogens is 354 g/mol. The van der Waals surface area contributed by atoms with Crippen LogP contribution in [0, 0.1) is 5.92 Å². The fourth-order valence-corrected chi connectivity index (χ4v) is 5.10. The van der Waals surface area contributed by atoms with E-state index in [0.29, 0.717) is 32.8 Å². The molecule has 1 amide bonds. The maximum absolute atomic E-state index is 12.7. The Morgan fingerprint density at radius 2 is 1.85 bits per heavy atom. The fourth-order valence-electron chi connectivity index (χ4n) is 3.97. The normalized spacial score (nSPS) is 23.0. The summed E-state index contributed by atoms with van der Waals surface area (Å²) in [5.74, 6) is 0.232. The van der Waals surface area contributed by atoms with E-state index in [-0.39, 0.29) is 17.9 Å². The minimum absolute atomic E-state index is 0.0498. The van der Waals surface area contributed by atoms with Crippen molar-refractivity contribution in [2.75, 3.05) is 58.7 Å². The lowest BCUT2D eigenvalue weighted by atomic mass is 9.98. The van der Waals surface area contributed by atoms with E-state index in [1.165, 1.54) is 6.26 Å². The van der Waals surface area contributed by atoms with E-state index in [1.54, 1.807) is 4.31 Å². The second-order valence-electron chi connectivity index (χ2n) is 7.42. The number of sulfonamides is 1. The molecule has 0 aliphatic carbocycles. The summed E-state index contributed by atoms with van der Waals surface area (Å²) in [5, 5.41) is 0. The summed E-state index contributed by atoms with van der Waals surface area (Å²) in [6, 6.07) is -0.113. The van der Waals surface area contributed by atoms with Gasteiger partial charge in [0, 0.05) is 51.2 Å². The summed E-state index contributed by atoms with van der Waals surface area (Å²) in [5.41, 5.74) is 0. The Morgan fingerprint density at radius 1 is 1.19 bits per heavy atom. The second-order valence-corrected chi connectivity index (χ2v) is 9.36. The van der Waals surface area contributed by atoms with Crippen LogP contribution in [0.25, 0.3) is 0 Å². The number of hydrogen-bond acceptors (Lipinski definition) is 5. The van der Waals surface area contributed by atoms with Gasteiger partial charge in [0.1, 0.15) is 0 Å². The number of ether oxygens (including phenoxy) is 1. The zero-order valence-electron chi connectivity index (χ0n) is 16.5. The minimum Gasteiger partial charge on any atom is -0.379 e.